The molecule has 0 aliphatic carbocycles. The normalized spacial score (nSPS) is 12.6. The zero-order valence-electron chi connectivity index (χ0n) is 45.4. The van der Waals surface area contributed by atoms with Crippen LogP contribution in [0.3, 0.4) is 0 Å². The van der Waals surface area contributed by atoms with Gasteiger partial charge >= 0.3 is 5.97 Å². The molecule has 0 aromatic heterocycles. The van der Waals surface area contributed by atoms with Crippen molar-refractivity contribution in [1.82, 2.24) is 5.32 Å². The van der Waals surface area contributed by atoms with E-state index in [0.29, 0.717) is 25.9 Å². The molecule has 67 heavy (non-hydrogen) atoms. The van der Waals surface area contributed by atoms with Crippen molar-refractivity contribution in [3.8, 4) is 0 Å². The van der Waals surface area contributed by atoms with Crippen LogP contribution in [-0.2, 0) is 14.3 Å². The molecule has 0 spiro atoms. The molecule has 2 atom stereocenters. The third-order valence-electron chi connectivity index (χ3n) is 14.3. The van der Waals surface area contributed by atoms with Gasteiger partial charge in [-0.05, 0) is 51.4 Å². The van der Waals surface area contributed by atoms with Crippen LogP contribution in [0.25, 0.3) is 0 Å². The van der Waals surface area contributed by atoms with Crippen LogP contribution in [0, 0.1) is 0 Å². The number of unbranched alkanes of at least 4 members (excludes halogenated alkanes) is 44. The third-order valence-corrected chi connectivity index (χ3v) is 14.3. The van der Waals surface area contributed by atoms with Gasteiger partial charge in [-0.2, -0.15) is 0 Å². The van der Waals surface area contributed by atoms with Crippen molar-refractivity contribution >= 4 is 11.9 Å². The van der Waals surface area contributed by atoms with Crippen molar-refractivity contribution < 1.29 is 24.5 Å². The van der Waals surface area contributed by atoms with Crippen LogP contribution < -0.4 is 5.32 Å². The minimum absolute atomic E-state index is 0.0176. The van der Waals surface area contributed by atoms with E-state index in [4.69, 9.17) is 4.74 Å². The monoisotopic (exact) mass is 946 g/mol. The average molecular weight is 947 g/mol. The molecule has 398 valence electrons. The second-order valence-electron chi connectivity index (χ2n) is 21.0. The van der Waals surface area contributed by atoms with Gasteiger partial charge in [-0.25, -0.2) is 0 Å². The lowest BCUT2D eigenvalue weighted by molar-refractivity contribution is -0.143. The standard InChI is InChI=1S/C61H119NO5/c1-3-5-7-9-11-13-14-15-28-32-35-39-43-47-51-55-61(66)67-56-52-48-44-40-36-33-30-27-25-23-21-19-17-16-18-20-22-24-26-29-31-34-38-42-46-50-54-60(65)62-58(57-63)59(64)53-49-45-41-37-12-10-8-6-4-2/h16,18,58-59,63-64H,3-15,17,19-57H2,1-2H3,(H,62,65)/b18-16-. The number of rotatable bonds is 57. The van der Waals surface area contributed by atoms with Crippen LogP contribution in [0.15, 0.2) is 12.2 Å². The predicted octanol–water partition coefficient (Wildman–Crippen LogP) is 18.9. The molecular formula is C61H119NO5. The van der Waals surface area contributed by atoms with Crippen LogP contribution in [0.1, 0.15) is 341 Å². The Morgan fingerprint density at radius 2 is 0.701 bits per heavy atom. The summed E-state index contributed by atoms with van der Waals surface area (Å²) in [6.45, 7) is 4.95. The summed E-state index contributed by atoms with van der Waals surface area (Å²) in [5.41, 5.74) is 0. The van der Waals surface area contributed by atoms with Crippen LogP contribution in [-0.4, -0.2) is 47.4 Å². The number of allylic oxidation sites excluding steroid dienone is 2. The summed E-state index contributed by atoms with van der Waals surface area (Å²) in [6.07, 6.45) is 68.1. The molecular weight excluding hydrogens is 827 g/mol. The molecule has 2 unspecified atom stereocenters. The summed E-state index contributed by atoms with van der Waals surface area (Å²) in [5.74, 6) is -0.0204. The van der Waals surface area contributed by atoms with Gasteiger partial charge in [-0.15, -0.1) is 0 Å². The molecule has 0 aromatic carbocycles. The highest BCUT2D eigenvalue weighted by Gasteiger charge is 2.20. The fraction of sp³-hybridized carbons (Fsp3) is 0.934. The van der Waals surface area contributed by atoms with Gasteiger partial charge in [0.2, 0.25) is 5.91 Å². The highest BCUT2D eigenvalue weighted by atomic mass is 16.5. The molecule has 0 rings (SSSR count). The molecule has 0 saturated carbocycles. The lowest BCUT2D eigenvalue weighted by Gasteiger charge is -2.22. The zero-order valence-corrected chi connectivity index (χ0v) is 45.4. The summed E-state index contributed by atoms with van der Waals surface area (Å²) in [6, 6.07) is -0.540. The molecule has 0 radical (unpaired) electrons. The van der Waals surface area contributed by atoms with E-state index in [1.165, 1.54) is 270 Å². The molecule has 6 nitrogen and oxygen atoms in total. The number of carbonyl (C=O) groups is 2. The van der Waals surface area contributed by atoms with Crippen LogP contribution >= 0.6 is 0 Å². The average Bonchev–Trinajstić information content (AvgIpc) is 3.33. The first-order chi connectivity index (χ1) is 33.0. The summed E-state index contributed by atoms with van der Waals surface area (Å²) < 4.78 is 5.49. The highest BCUT2D eigenvalue weighted by molar-refractivity contribution is 5.76. The van der Waals surface area contributed by atoms with Gasteiger partial charge in [-0.1, -0.05) is 289 Å². The second-order valence-corrected chi connectivity index (χ2v) is 21.0. The SMILES string of the molecule is CCCCCCCCCCCCCCCCCC(=O)OCCCCCCCCCCCCCC/C=C\CCCCCCCCCCCCC(=O)NC(CO)C(O)CCCCCCCCCCC. The first-order valence-corrected chi connectivity index (χ1v) is 30.4. The predicted molar refractivity (Wildman–Crippen MR) is 292 cm³/mol. The van der Waals surface area contributed by atoms with Crippen molar-refractivity contribution in [2.45, 2.75) is 353 Å². The Labute approximate surface area is 419 Å². The van der Waals surface area contributed by atoms with Gasteiger partial charge in [-0.3, -0.25) is 9.59 Å². The summed E-state index contributed by atoms with van der Waals surface area (Å²) >= 11 is 0. The fourth-order valence-corrected chi connectivity index (χ4v) is 9.64. The Morgan fingerprint density at radius 3 is 1.06 bits per heavy atom. The molecule has 0 fully saturated rings. The Balaban J connectivity index is 3.34. The van der Waals surface area contributed by atoms with Gasteiger partial charge in [0.25, 0.3) is 0 Å². The molecule has 0 aliphatic rings. The van der Waals surface area contributed by atoms with E-state index >= 15 is 0 Å². The van der Waals surface area contributed by atoms with Gasteiger partial charge < -0.3 is 20.3 Å². The third kappa shape index (κ3) is 53.8. The molecule has 0 saturated heterocycles. The van der Waals surface area contributed by atoms with E-state index in [1.54, 1.807) is 0 Å². The van der Waals surface area contributed by atoms with Gasteiger partial charge in [0.05, 0.1) is 25.4 Å². The van der Waals surface area contributed by atoms with Crippen molar-refractivity contribution in [2.24, 2.45) is 0 Å². The van der Waals surface area contributed by atoms with Crippen LogP contribution in [0.5, 0.6) is 0 Å². The first kappa shape index (κ1) is 65.6. The van der Waals surface area contributed by atoms with Gasteiger partial charge in [0.1, 0.15) is 0 Å². The molecule has 6 heteroatoms. The molecule has 1 amide bonds. The Hall–Kier alpha value is -1.40. The van der Waals surface area contributed by atoms with Crippen LogP contribution in [0.4, 0.5) is 0 Å². The van der Waals surface area contributed by atoms with E-state index in [-0.39, 0.29) is 18.5 Å². The van der Waals surface area contributed by atoms with E-state index in [1.807, 2.05) is 0 Å². The summed E-state index contributed by atoms with van der Waals surface area (Å²) in [5, 5.41) is 23.1. The number of hydrogen-bond acceptors (Lipinski definition) is 5. The van der Waals surface area contributed by atoms with E-state index in [2.05, 4.69) is 31.3 Å². The van der Waals surface area contributed by atoms with Gasteiger partial charge in [0, 0.05) is 12.8 Å². The second kappa shape index (κ2) is 57.2. The quantitative estimate of drug-likeness (QED) is 0.0321. The largest absolute Gasteiger partial charge is 0.466 e. The van der Waals surface area contributed by atoms with Crippen molar-refractivity contribution in [3.63, 3.8) is 0 Å². The number of nitrogens with one attached hydrogen (secondary N) is 1. The zero-order chi connectivity index (χ0) is 48.6. The maximum atomic E-state index is 12.4. The minimum Gasteiger partial charge on any atom is -0.466 e. The number of aliphatic hydroxyl groups excluding tert-OH is 2. The number of hydrogen-bond donors (Lipinski definition) is 3. The van der Waals surface area contributed by atoms with Crippen LogP contribution in [0.2, 0.25) is 0 Å². The van der Waals surface area contributed by atoms with Gasteiger partial charge in [0.15, 0.2) is 0 Å². The number of ether oxygens (including phenoxy) is 1. The number of amides is 1. The molecule has 0 aromatic rings. The van der Waals surface area contributed by atoms with Crippen molar-refractivity contribution in [1.29, 1.82) is 0 Å². The number of carbonyl (C=O) groups excluding carboxylic acids is 2. The molecule has 0 bridgehead atoms. The lowest BCUT2D eigenvalue weighted by atomic mass is 10.0. The molecule has 0 aliphatic heterocycles. The Morgan fingerprint density at radius 1 is 0.403 bits per heavy atom. The highest BCUT2D eigenvalue weighted by Crippen LogP contribution is 2.18. The molecule has 0 heterocycles. The Kier molecular flexibility index (Phi) is 56.0. The minimum atomic E-state index is -0.662. The van der Waals surface area contributed by atoms with E-state index in [0.717, 1.165) is 38.5 Å². The Bertz CT molecular complexity index is 1000. The maximum Gasteiger partial charge on any atom is 0.305 e. The first-order valence-electron chi connectivity index (χ1n) is 30.4. The number of esters is 1. The maximum absolute atomic E-state index is 12.4. The van der Waals surface area contributed by atoms with E-state index in [9.17, 15) is 19.8 Å². The smallest absolute Gasteiger partial charge is 0.305 e. The van der Waals surface area contributed by atoms with E-state index < -0.39 is 12.1 Å². The summed E-state index contributed by atoms with van der Waals surface area (Å²) in [7, 11) is 0. The van der Waals surface area contributed by atoms with Crippen molar-refractivity contribution in [2.75, 3.05) is 13.2 Å². The number of aliphatic hydroxyl groups is 2. The topological polar surface area (TPSA) is 95.9 Å². The summed E-state index contributed by atoms with van der Waals surface area (Å²) in [4.78, 5) is 24.5. The fourth-order valence-electron chi connectivity index (χ4n) is 9.64. The molecule has 3 N–H and O–H groups in total. The van der Waals surface area contributed by atoms with Crippen molar-refractivity contribution in [3.05, 3.63) is 12.2 Å². The lowest BCUT2D eigenvalue weighted by Crippen LogP contribution is -2.45.